The van der Waals surface area contributed by atoms with Crippen molar-refractivity contribution in [2.24, 2.45) is 0 Å². The van der Waals surface area contributed by atoms with Gasteiger partial charge in [-0.3, -0.25) is 9.59 Å². The largest absolute Gasteiger partial charge is 0.493 e. The fourth-order valence-electron chi connectivity index (χ4n) is 1.71. The molecule has 18 heavy (non-hydrogen) atoms. The number of aromatic nitrogens is 1. The third kappa shape index (κ3) is 2.32. The quantitative estimate of drug-likeness (QED) is 0.838. The van der Waals surface area contributed by atoms with Crippen LogP contribution in [0, 0.1) is 0 Å². The van der Waals surface area contributed by atoms with Gasteiger partial charge in [-0.1, -0.05) is 12.1 Å². The van der Waals surface area contributed by atoms with E-state index in [4.69, 9.17) is 4.74 Å². The zero-order valence-corrected chi connectivity index (χ0v) is 9.97. The lowest BCUT2D eigenvalue weighted by Crippen LogP contribution is -2.12. The van der Waals surface area contributed by atoms with Crippen LogP contribution in [0.25, 0.3) is 11.3 Å². The van der Waals surface area contributed by atoms with Crippen molar-refractivity contribution in [3.8, 4) is 17.0 Å². The van der Waals surface area contributed by atoms with Crippen LogP contribution >= 0.6 is 0 Å². The molecule has 0 unspecified atom stereocenters. The molecule has 0 saturated heterocycles. The van der Waals surface area contributed by atoms with Gasteiger partial charge in [-0.05, 0) is 31.2 Å². The average Bonchev–Trinajstić information content (AvgIpc) is 2.40. The second kappa shape index (κ2) is 5.31. The molecular weight excluding hydrogens is 230 g/mol. The van der Waals surface area contributed by atoms with Crippen LogP contribution in [0.15, 0.2) is 41.2 Å². The topological polar surface area (TPSA) is 59.2 Å². The van der Waals surface area contributed by atoms with Gasteiger partial charge in [-0.25, -0.2) is 0 Å². The van der Waals surface area contributed by atoms with Crippen molar-refractivity contribution in [2.75, 3.05) is 6.61 Å². The number of aromatic amines is 1. The molecule has 0 aliphatic heterocycles. The normalized spacial score (nSPS) is 10.1. The van der Waals surface area contributed by atoms with Crippen LogP contribution in [0.3, 0.4) is 0 Å². The summed E-state index contributed by atoms with van der Waals surface area (Å²) in [7, 11) is 0. The van der Waals surface area contributed by atoms with Crippen LogP contribution in [0.4, 0.5) is 0 Å². The molecule has 0 atom stereocenters. The molecule has 0 amide bonds. The lowest BCUT2D eigenvalue weighted by molar-refractivity contribution is 0.112. The highest BCUT2D eigenvalue weighted by atomic mass is 16.5. The first-order valence-corrected chi connectivity index (χ1v) is 5.67. The van der Waals surface area contributed by atoms with Crippen molar-refractivity contribution < 1.29 is 9.53 Å². The highest BCUT2D eigenvalue weighted by molar-refractivity contribution is 5.75. The maximum atomic E-state index is 11.6. The number of hydrogen-bond acceptors (Lipinski definition) is 3. The Morgan fingerprint density at radius 1 is 1.22 bits per heavy atom. The van der Waals surface area contributed by atoms with E-state index in [2.05, 4.69) is 4.98 Å². The summed E-state index contributed by atoms with van der Waals surface area (Å²) < 4.78 is 5.50. The molecule has 2 rings (SSSR count). The smallest absolute Gasteiger partial charge is 0.258 e. The van der Waals surface area contributed by atoms with E-state index < -0.39 is 5.56 Å². The number of hydrogen-bond donors (Lipinski definition) is 1. The van der Waals surface area contributed by atoms with Crippen molar-refractivity contribution in [3.63, 3.8) is 0 Å². The number of H-pyrrole nitrogens is 1. The third-order valence-electron chi connectivity index (χ3n) is 2.54. The van der Waals surface area contributed by atoms with Crippen LogP contribution in [-0.4, -0.2) is 17.9 Å². The van der Waals surface area contributed by atoms with Gasteiger partial charge >= 0.3 is 0 Å². The van der Waals surface area contributed by atoms with Crippen molar-refractivity contribution in [1.82, 2.24) is 4.98 Å². The van der Waals surface area contributed by atoms with Crippen LogP contribution in [0.1, 0.15) is 17.3 Å². The number of ether oxygens (including phenoxy) is 1. The Balaban J connectivity index is 2.52. The molecule has 1 N–H and O–H groups in total. The fraction of sp³-hybridized carbons (Fsp3) is 0.143. The Morgan fingerprint density at radius 2 is 2.00 bits per heavy atom. The lowest BCUT2D eigenvalue weighted by atomic mass is 10.1. The Kier molecular flexibility index (Phi) is 3.57. The van der Waals surface area contributed by atoms with Crippen molar-refractivity contribution in [1.29, 1.82) is 0 Å². The van der Waals surface area contributed by atoms with Gasteiger partial charge in [0.05, 0.1) is 17.9 Å². The Labute approximate surface area is 104 Å². The van der Waals surface area contributed by atoms with E-state index in [-0.39, 0.29) is 5.56 Å². The van der Waals surface area contributed by atoms with Gasteiger partial charge in [0.25, 0.3) is 5.56 Å². The van der Waals surface area contributed by atoms with E-state index in [1.807, 2.05) is 31.2 Å². The Bertz CT molecular complexity index is 616. The van der Waals surface area contributed by atoms with Crippen molar-refractivity contribution in [3.05, 3.63) is 52.3 Å². The Hall–Kier alpha value is -2.36. The summed E-state index contributed by atoms with van der Waals surface area (Å²) in [5.74, 6) is 0.703. The first kappa shape index (κ1) is 12.1. The van der Waals surface area contributed by atoms with E-state index in [0.717, 1.165) is 5.56 Å². The van der Waals surface area contributed by atoms with E-state index in [0.29, 0.717) is 24.3 Å². The SMILES string of the molecule is CCOc1ccccc1-c1ccc(C=O)c(=O)[nH]1. The summed E-state index contributed by atoms with van der Waals surface area (Å²) in [5.41, 5.74) is 1.16. The molecular formula is C14H13NO3. The number of benzene rings is 1. The van der Waals surface area contributed by atoms with E-state index in [9.17, 15) is 9.59 Å². The molecule has 0 fully saturated rings. The van der Waals surface area contributed by atoms with Gasteiger partial charge < -0.3 is 9.72 Å². The molecule has 0 saturated carbocycles. The minimum Gasteiger partial charge on any atom is -0.493 e. The monoisotopic (exact) mass is 243 g/mol. The van der Waals surface area contributed by atoms with Gasteiger partial charge in [0.15, 0.2) is 6.29 Å². The van der Waals surface area contributed by atoms with Crippen LogP contribution < -0.4 is 10.3 Å². The highest BCUT2D eigenvalue weighted by Crippen LogP contribution is 2.27. The first-order valence-electron chi connectivity index (χ1n) is 5.67. The van der Waals surface area contributed by atoms with Gasteiger partial charge in [0, 0.05) is 5.56 Å². The molecule has 4 heteroatoms. The van der Waals surface area contributed by atoms with Crippen molar-refractivity contribution in [2.45, 2.75) is 6.92 Å². The molecule has 0 aliphatic rings. The van der Waals surface area contributed by atoms with E-state index in [1.54, 1.807) is 6.07 Å². The third-order valence-corrected chi connectivity index (χ3v) is 2.54. The number of rotatable bonds is 4. The number of para-hydroxylation sites is 1. The molecule has 4 nitrogen and oxygen atoms in total. The fourth-order valence-corrected chi connectivity index (χ4v) is 1.71. The molecule has 0 spiro atoms. The summed E-state index contributed by atoms with van der Waals surface area (Å²) in [6, 6.07) is 10.6. The zero-order valence-electron chi connectivity index (χ0n) is 9.97. The van der Waals surface area contributed by atoms with Crippen molar-refractivity contribution >= 4 is 6.29 Å². The van der Waals surface area contributed by atoms with Gasteiger partial charge in [-0.2, -0.15) is 0 Å². The molecule has 1 aromatic carbocycles. The second-order valence-electron chi connectivity index (χ2n) is 3.70. The lowest BCUT2D eigenvalue weighted by Gasteiger charge is -2.09. The first-order chi connectivity index (χ1) is 8.76. The summed E-state index contributed by atoms with van der Waals surface area (Å²) in [6.45, 7) is 2.45. The molecule has 92 valence electrons. The predicted octanol–water partition coefficient (Wildman–Crippen LogP) is 2.25. The van der Waals surface area contributed by atoms with Gasteiger partial charge in [0.1, 0.15) is 5.75 Å². The number of carbonyl (C=O) groups excluding carboxylic acids is 1. The second-order valence-corrected chi connectivity index (χ2v) is 3.70. The van der Waals surface area contributed by atoms with Gasteiger partial charge in [-0.15, -0.1) is 0 Å². The minimum absolute atomic E-state index is 0.118. The number of pyridine rings is 1. The van der Waals surface area contributed by atoms with Gasteiger partial charge in [0.2, 0.25) is 0 Å². The van der Waals surface area contributed by atoms with E-state index >= 15 is 0 Å². The summed E-state index contributed by atoms with van der Waals surface area (Å²) >= 11 is 0. The molecule has 0 aliphatic carbocycles. The van der Waals surface area contributed by atoms with Crippen LogP contribution in [0.2, 0.25) is 0 Å². The maximum absolute atomic E-state index is 11.6. The Morgan fingerprint density at radius 3 is 2.67 bits per heavy atom. The number of aldehydes is 1. The van der Waals surface area contributed by atoms with E-state index in [1.165, 1.54) is 6.07 Å². The summed E-state index contributed by atoms with van der Waals surface area (Å²) in [5, 5.41) is 0. The number of carbonyl (C=O) groups is 1. The molecule has 0 bridgehead atoms. The molecule has 2 aromatic rings. The molecule has 0 radical (unpaired) electrons. The summed E-state index contributed by atoms with van der Waals surface area (Å²) in [4.78, 5) is 24.9. The number of nitrogens with one attached hydrogen (secondary N) is 1. The average molecular weight is 243 g/mol. The highest BCUT2D eigenvalue weighted by Gasteiger charge is 2.07. The molecule has 1 heterocycles. The predicted molar refractivity (Wildman–Crippen MR) is 69.1 cm³/mol. The zero-order chi connectivity index (χ0) is 13.0. The molecule has 1 aromatic heterocycles. The summed E-state index contributed by atoms with van der Waals surface area (Å²) in [6.07, 6.45) is 0.539. The van der Waals surface area contributed by atoms with Crippen LogP contribution in [0.5, 0.6) is 5.75 Å². The minimum atomic E-state index is -0.395. The van der Waals surface area contributed by atoms with Crippen LogP contribution in [-0.2, 0) is 0 Å². The standard InChI is InChI=1S/C14H13NO3/c1-2-18-13-6-4-3-5-11(13)12-8-7-10(9-16)14(17)15-12/h3-9H,2H2,1H3,(H,15,17). The maximum Gasteiger partial charge on any atom is 0.258 e.